The van der Waals surface area contributed by atoms with Gasteiger partial charge >= 0.3 is 0 Å². The molecule has 2 aromatic heterocycles. The summed E-state index contributed by atoms with van der Waals surface area (Å²) in [7, 11) is 0. The Morgan fingerprint density at radius 3 is 1.39 bits per heavy atom. The van der Waals surface area contributed by atoms with E-state index in [2.05, 4.69) is 30.6 Å². The minimum atomic E-state index is 0.625. The zero-order chi connectivity index (χ0) is 19.0. The highest BCUT2D eigenvalue weighted by Crippen LogP contribution is 2.11. The van der Waals surface area contributed by atoms with Crippen LogP contribution in [0.2, 0.25) is 0 Å². The Morgan fingerprint density at radius 2 is 1.04 bits per heavy atom. The summed E-state index contributed by atoms with van der Waals surface area (Å²) in [6.45, 7) is 0. The molecule has 0 saturated heterocycles. The van der Waals surface area contributed by atoms with Crippen molar-refractivity contribution in [1.29, 1.82) is 0 Å². The van der Waals surface area contributed by atoms with E-state index in [1.807, 2.05) is 72.8 Å². The summed E-state index contributed by atoms with van der Waals surface area (Å²) in [4.78, 5) is 0. The minimum absolute atomic E-state index is 0.625. The fraction of sp³-hybridized carbons (Fsp3) is 0.0909. The maximum atomic E-state index is 4.65. The van der Waals surface area contributed by atoms with Gasteiger partial charge in [0.1, 0.15) is 0 Å². The van der Waals surface area contributed by atoms with Crippen LogP contribution in [0.15, 0.2) is 95.4 Å². The van der Waals surface area contributed by atoms with E-state index >= 15 is 0 Å². The van der Waals surface area contributed by atoms with E-state index < -0.39 is 0 Å². The predicted octanol–water partition coefficient (Wildman–Crippen LogP) is 3.81. The molecule has 0 radical (unpaired) electrons. The lowest BCUT2D eigenvalue weighted by Crippen LogP contribution is -2.08. The molecule has 0 fully saturated rings. The standard InChI is InChI=1S/C22H20N6/c1-3-7-17(8-4-1)21(15-19-11-13-23-25-19)27-28-22(16-20-12-14-24-26-20)18-9-5-2-6-10-18/h1-14H,15-16H2,(H,23,25)(H,24,26). The van der Waals surface area contributed by atoms with Gasteiger partial charge in [-0.1, -0.05) is 60.7 Å². The van der Waals surface area contributed by atoms with Crippen LogP contribution in [0.25, 0.3) is 0 Å². The zero-order valence-electron chi connectivity index (χ0n) is 15.3. The Bertz CT molecular complexity index is 945. The first-order valence-electron chi connectivity index (χ1n) is 9.09. The van der Waals surface area contributed by atoms with Crippen molar-refractivity contribution in [3.05, 3.63) is 108 Å². The fourth-order valence-electron chi connectivity index (χ4n) is 2.90. The van der Waals surface area contributed by atoms with Gasteiger partial charge in [0.25, 0.3) is 0 Å². The largest absolute Gasteiger partial charge is 0.282 e. The SMILES string of the molecule is c1ccc(C(Cc2ccn[nH]2)=NN=C(Cc2ccn[nH]2)c2ccccc2)cc1. The van der Waals surface area contributed by atoms with Crippen LogP contribution in [0.4, 0.5) is 0 Å². The van der Waals surface area contributed by atoms with Gasteiger partial charge < -0.3 is 0 Å². The van der Waals surface area contributed by atoms with Crippen molar-refractivity contribution in [2.45, 2.75) is 12.8 Å². The van der Waals surface area contributed by atoms with Crippen LogP contribution in [-0.4, -0.2) is 31.8 Å². The number of hydrogen-bond donors (Lipinski definition) is 2. The molecule has 0 spiro atoms. The Balaban J connectivity index is 1.71. The first kappa shape index (κ1) is 17.6. The van der Waals surface area contributed by atoms with Crippen molar-refractivity contribution < 1.29 is 0 Å². The summed E-state index contributed by atoms with van der Waals surface area (Å²) in [5.41, 5.74) is 5.82. The van der Waals surface area contributed by atoms with Crippen molar-refractivity contribution in [2.24, 2.45) is 10.2 Å². The predicted molar refractivity (Wildman–Crippen MR) is 111 cm³/mol. The van der Waals surface area contributed by atoms with E-state index in [9.17, 15) is 0 Å². The van der Waals surface area contributed by atoms with Gasteiger partial charge in [0.15, 0.2) is 0 Å². The molecule has 0 amide bonds. The van der Waals surface area contributed by atoms with Crippen molar-refractivity contribution >= 4 is 11.4 Å². The summed E-state index contributed by atoms with van der Waals surface area (Å²) in [5, 5.41) is 23.4. The first-order chi connectivity index (χ1) is 13.9. The molecular weight excluding hydrogens is 348 g/mol. The van der Waals surface area contributed by atoms with Gasteiger partial charge in [0.2, 0.25) is 0 Å². The van der Waals surface area contributed by atoms with E-state index in [0.29, 0.717) is 12.8 Å². The normalized spacial score (nSPS) is 12.3. The number of rotatable bonds is 7. The number of aromatic amines is 2. The lowest BCUT2D eigenvalue weighted by atomic mass is 10.1. The van der Waals surface area contributed by atoms with Crippen LogP contribution in [-0.2, 0) is 12.8 Å². The third kappa shape index (κ3) is 4.48. The average Bonchev–Trinajstić information content (AvgIpc) is 3.45. The highest BCUT2D eigenvalue weighted by Gasteiger charge is 2.09. The number of hydrogen-bond acceptors (Lipinski definition) is 4. The van der Waals surface area contributed by atoms with Crippen molar-refractivity contribution in [3.63, 3.8) is 0 Å². The summed E-state index contributed by atoms with van der Waals surface area (Å²) in [6, 6.07) is 24.1. The second kappa shape index (κ2) is 8.73. The third-order valence-corrected chi connectivity index (χ3v) is 4.34. The van der Waals surface area contributed by atoms with Crippen molar-refractivity contribution in [2.75, 3.05) is 0 Å². The molecule has 0 atom stereocenters. The second-order valence-electron chi connectivity index (χ2n) is 6.34. The third-order valence-electron chi connectivity index (χ3n) is 4.34. The van der Waals surface area contributed by atoms with Crippen LogP contribution in [0.1, 0.15) is 22.5 Å². The summed E-state index contributed by atoms with van der Waals surface area (Å²) >= 11 is 0. The molecule has 28 heavy (non-hydrogen) atoms. The summed E-state index contributed by atoms with van der Waals surface area (Å²) < 4.78 is 0. The molecule has 4 rings (SSSR count). The molecule has 6 heteroatoms. The number of benzene rings is 2. The second-order valence-corrected chi connectivity index (χ2v) is 6.34. The number of nitrogens with one attached hydrogen (secondary N) is 2. The van der Waals surface area contributed by atoms with E-state index in [0.717, 1.165) is 33.9 Å². The molecule has 0 aliphatic rings. The molecule has 2 N–H and O–H groups in total. The van der Waals surface area contributed by atoms with Crippen LogP contribution in [0.3, 0.4) is 0 Å². The van der Waals surface area contributed by atoms with Gasteiger partial charge in [0, 0.05) is 36.6 Å². The van der Waals surface area contributed by atoms with E-state index in [4.69, 9.17) is 0 Å². The van der Waals surface area contributed by atoms with Crippen molar-refractivity contribution in [3.8, 4) is 0 Å². The maximum absolute atomic E-state index is 4.65. The monoisotopic (exact) mass is 368 g/mol. The molecule has 2 heterocycles. The van der Waals surface area contributed by atoms with Gasteiger partial charge in [-0.15, -0.1) is 0 Å². The fourth-order valence-corrected chi connectivity index (χ4v) is 2.90. The Kier molecular flexibility index (Phi) is 5.49. The quantitative estimate of drug-likeness (QED) is 0.384. The molecular formula is C22H20N6. The summed E-state index contributed by atoms with van der Waals surface area (Å²) in [5.74, 6) is 0. The average molecular weight is 368 g/mol. The zero-order valence-corrected chi connectivity index (χ0v) is 15.3. The smallest absolute Gasteiger partial charge is 0.0762 e. The Morgan fingerprint density at radius 1 is 0.607 bits per heavy atom. The molecule has 0 unspecified atom stereocenters. The molecule has 2 aromatic carbocycles. The van der Waals surface area contributed by atoms with Gasteiger partial charge in [-0.25, -0.2) is 0 Å². The minimum Gasteiger partial charge on any atom is -0.282 e. The van der Waals surface area contributed by atoms with Crippen molar-refractivity contribution in [1.82, 2.24) is 20.4 Å². The molecule has 0 aliphatic heterocycles. The molecule has 138 valence electrons. The van der Waals surface area contributed by atoms with E-state index in [-0.39, 0.29) is 0 Å². The van der Waals surface area contributed by atoms with E-state index in [1.54, 1.807) is 12.4 Å². The summed E-state index contributed by atoms with van der Waals surface area (Å²) in [6.07, 6.45) is 4.74. The Labute approximate surface area is 163 Å². The molecule has 0 bridgehead atoms. The highest BCUT2D eigenvalue weighted by atomic mass is 15.2. The topological polar surface area (TPSA) is 82.1 Å². The number of aromatic nitrogens is 4. The van der Waals surface area contributed by atoms with Crippen LogP contribution in [0.5, 0.6) is 0 Å². The Hall–Kier alpha value is -3.80. The van der Waals surface area contributed by atoms with Crippen LogP contribution >= 0.6 is 0 Å². The van der Waals surface area contributed by atoms with Crippen LogP contribution in [0, 0.1) is 0 Å². The number of nitrogens with zero attached hydrogens (tertiary/aromatic N) is 4. The van der Waals surface area contributed by atoms with Gasteiger partial charge in [0.05, 0.1) is 11.4 Å². The van der Waals surface area contributed by atoms with Gasteiger partial charge in [-0.2, -0.15) is 20.4 Å². The molecule has 6 nitrogen and oxygen atoms in total. The molecule has 0 saturated carbocycles. The molecule has 4 aromatic rings. The highest BCUT2D eigenvalue weighted by molar-refractivity contribution is 6.04. The molecule has 0 aliphatic carbocycles. The van der Waals surface area contributed by atoms with Gasteiger partial charge in [-0.3, -0.25) is 10.2 Å². The maximum Gasteiger partial charge on any atom is 0.0762 e. The number of H-pyrrole nitrogens is 2. The van der Waals surface area contributed by atoms with Crippen LogP contribution < -0.4 is 0 Å². The lowest BCUT2D eigenvalue weighted by molar-refractivity contribution is 1.01. The lowest BCUT2D eigenvalue weighted by Gasteiger charge is -2.06. The van der Waals surface area contributed by atoms with E-state index in [1.165, 1.54) is 0 Å². The van der Waals surface area contributed by atoms with Gasteiger partial charge in [-0.05, 0) is 23.3 Å². The first-order valence-corrected chi connectivity index (χ1v) is 9.09.